The van der Waals surface area contributed by atoms with E-state index in [0.717, 1.165) is 72.8 Å². The van der Waals surface area contributed by atoms with Gasteiger partial charge in [-0.25, -0.2) is 0 Å². The zero-order chi connectivity index (χ0) is 29.9. The Hall–Kier alpha value is -3.86. The van der Waals surface area contributed by atoms with Crippen LogP contribution < -0.4 is 5.32 Å². The van der Waals surface area contributed by atoms with Crippen LogP contribution in [0, 0.1) is 0 Å². The first kappa shape index (κ1) is 28.9. The average Bonchev–Trinajstić information content (AvgIpc) is 3.38. The van der Waals surface area contributed by atoms with Crippen LogP contribution in [0.1, 0.15) is 42.3 Å². The van der Waals surface area contributed by atoms with Crippen LogP contribution in [-0.2, 0) is 33.8 Å². The van der Waals surface area contributed by atoms with Crippen LogP contribution in [0.3, 0.4) is 0 Å². The smallest absolute Gasteiger partial charge is 0.242 e. The quantitative estimate of drug-likeness (QED) is 0.318. The second kappa shape index (κ2) is 13.0. The highest BCUT2D eigenvalue weighted by molar-refractivity contribution is 6.09. The SMILES string of the molecule is O=C1CN(CCCN(Cc2nccc3c4ccccc4n(CC(=O)N4CCOCC4)c23)[C@H]2CCCc3cccnc32)CCN1. The first-order chi connectivity index (χ1) is 21.7. The van der Waals surface area contributed by atoms with Gasteiger partial charge in [0.1, 0.15) is 6.54 Å². The summed E-state index contributed by atoms with van der Waals surface area (Å²) in [6.45, 7) is 7.14. The average molecular weight is 596 g/mol. The zero-order valence-corrected chi connectivity index (χ0v) is 25.3. The molecule has 2 saturated heterocycles. The van der Waals surface area contributed by atoms with Crippen LogP contribution in [-0.4, -0.2) is 100 Å². The fourth-order valence-corrected chi connectivity index (χ4v) is 7.26. The lowest BCUT2D eigenvalue weighted by Crippen LogP contribution is -2.48. The van der Waals surface area contributed by atoms with Crippen molar-refractivity contribution in [1.29, 1.82) is 0 Å². The summed E-state index contributed by atoms with van der Waals surface area (Å²) < 4.78 is 7.69. The largest absolute Gasteiger partial charge is 0.378 e. The third-order valence-corrected chi connectivity index (χ3v) is 9.41. The van der Waals surface area contributed by atoms with Gasteiger partial charge in [0.15, 0.2) is 0 Å². The Morgan fingerprint density at radius 3 is 2.80 bits per heavy atom. The van der Waals surface area contributed by atoms with Gasteiger partial charge < -0.3 is 19.5 Å². The number of rotatable bonds is 9. The van der Waals surface area contributed by atoms with Crippen molar-refractivity contribution in [1.82, 2.24) is 34.6 Å². The molecule has 10 nitrogen and oxygen atoms in total. The van der Waals surface area contributed by atoms with E-state index in [4.69, 9.17) is 14.7 Å². The summed E-state index contributed by atoms with van der Waals surface area (Å²) in [4.78, 5) is 42.1. The Morgan fingerprint density at radius 2 is 1.91 bits per heavy atom. The van der Waals surface area contributed by atoms with E-state index in [1.165, 1.54) is 11.3 Å². The number of aromatic nitrogens is 3. The molecular weight excluding hydrogens is 554 g/mol. The van der Waals surface area contributed by atoms with Crippen LogP contribution in [0.2, 0.25) is 0 Å². The lowest BCUT2D eigenvalue weighted by Gasteiger charge is -2.36. The van der Waals surface area contributed by atoms with Gasteiger partial charge in [0.05, 0.1) is 42.7 Å². The second-order valence-electron chi connectivity index (χ2n) is 12.2. The number of para-hydroxylation sites is 1. The van der Waals surface area contributed by atoms with Gasteiger partial charge in [-0.2, -0.15) is 0 Å². The molecule has 1 aliphatic carbocycles. The molecule has 0 radical (unpaired) electrons. The predicted octanol–water partition coefficient (Wildman–Crippen LogP) is 3.14. The Morgan fingerprint density at radius 1 is 1.02 bits per heavy atom. The first-order valence-corrected chi connectivity index (χ1v) is 16.0. The molecule has 3 aromatic heterocycles. The fourth-order valence-electron chi connectivity index (χ4n) is 7.26. The van der Waals surface area contributed by atoms with Gasteiger partial charge in [-0.05, 0) is 56.0 Å². The maximum Gasteiger partial charge on any atom is 0.242 e. The molecule has 230 valence electrons. The lowest BCUT2D eigenvalue weighted by atomic mass is 9.90. The summed E-state index contributed by atoms with van der Waals surface area (Å²) in [5.41, 5.74) is 5.57. The van der Waals surface area contributed by atoms with Crippen molar-refractivity contribution in [2.75, 3.05) is 59.0 Å². The molecule has 2 amide bonds. The summed E-state index contributed by atoms with van der Waals surface area (Å²) in [5.74, 6) is 0.215. The number of hydrogen-bond donors (Lipinski definition) is 1. The van der Waals surface area contributed by atoms with Gasteiger partial charge in [0.25, 0.3) is 0 Å². The zero-order valence-electron chi connectivity index (χ0n) is 25.3. The fraction of sp³-hybridized carbons (Fsp3) is 0.471. The number of ether oxygens (including phenoxy) is 1. The van der Waals surface area contributed by atoms with Crippen molar-refractivity contribution >= 4 is 33.6 Å². The highest BCUT2D eigenvalue weighted by Gasteiger charge is 2.29. The maximum atomic E-state index is 13.6. The molecule has 0 spiro atoms. The number of nitrogens with zero attached hydrogens (tertiary/aromatic N) is 6. The normalized spacial score (nSPS) is 19.4. The van der Waals surface area contributed by atoms with Gasteiger partial charge in [0.2, 0.25) is 11.8 Å². The van der Waals surface area contributed by atoms with Crippen molar-refractivity contribution in [2.45, 2.75) is 44.8 Å². The van der Waals surface area contributed by atoms with Crippen LogP contribution in [0.15, 0.2) is 54.9 Å². The minimum atomic E-state index is 0.105. The van der Waals surface area contributed by atoms with Crippen molar-refractivity contribution < 1.29 is 14.3 Å². The third-order valence-electron chi connectivity index (χ3n) is 9.41. The number of hydrogen-bond acceptors (Lipinski definition) is 7. The van der Waals surface area contributed by atoms with E-state index in [2.05, 4.69) is 50.0 Å². The Balaban J connectivity index is 1.23. The van der Waals surface area contributed by atoms with E-state index in [1.807, 2.05) is 29.4 Å². The molecule has 44 heavy (non-hydrogen) atoms. The standard InChI is InChI=1S/C34H41N7O3/c42-31-23-38(17-14-36-31)15-5-16-40(30-10-3-6-25-7-4-12-37-33(25)30)22-28-34-27(11-13-35-28)26-8-1-2-9-29(26)41(34)24-32(43)39-18-20-44-21-19-39/h1-2,4,7-9,11-13,30H,3,5-6,10,14-24H2,(H,36,42)/t30-/m0/s1. The van der Waals surface area contributed by atoms with Gasteiger partial charge in [-0.15, -0.1) is 0 Å². The van der Waals surface area contributed by atoms with E-state index in [0.29, 0.717) is 45.9 Å². The lowest BCUT2D eigenvalue weighted by molar-refractivity contribution is -0.135. The van der Waals surface area contributed by atoms with Gasteiger partial charge >= 0.3 is 0 Å². The second-order valence-corrected chi connectivity index (χ2v) is 12.2. The van der Waals surface area contributed by atoms with Gasteiger partial charge in [-0.3, -0.25) is 29.4 Å². The molecule has 1 N–H and O–H groups in total. The molecular formula is C34H41N7O3. The van der Waals surface area contributed by atoms with E-state index in [9.17, 15) is 9.59 Å². The maximum absolute atomic E-state index is 13.6. The molecule has 3 aliphatic rings. The minimum Gasteiger partial charge on any atom is -0.378 e. The molecule has 1 atom stereocenters. The monoisotopic (exact) mass is 595 g/mol. The van der Waals surface area contributed by atoms with Crippen LogP contribution in [0.5, 0.6) is 0 Å². The number of piperazine rings is 1. The number of aryl methyl sites for hydroxylation is 1. The van der Waals surface area contributed by atoms with E-state index >= 15 is 0 Å². The molecule has 10 heteroatoms. The molecule has 5 heterocycles. The summed E-state index contributed by atoms with van der Waals surface area (Å²) in [6.07, 6.45) is 8.00. The van der Waals surface area contributed by atoms with Crippen molar-refractivity contribution in [3.8, 4) is 0 Å². The predicted molar refractivity (Wildman–Crippen MR) is 169 cm³/mol. The van der Waals surface area contributed by atoms with E-state index < -0.39 is 0 Å². The van der Waals surface area contributed by atoms with E-state index in [-0.39, 0.29) is 24.4 Å². The van der Waals surface area contributed by atoms with Crippen molar-refractivity contribution in [3.63, 3.8) is 0 Å². The molecule has 1 aromatic carbocycles. The van der Waals surface area contributed by atoms with Crippen molar-refractivity contribution in [3.05, 3.63) is 71.8 Å². The topological polar surface area (TPSA) is 95.8 Å². The Labute approximate surface area is 258 Å². The molecule has 2 fully saturated rings. The molecule has 0 saturated carbocycles. The van der Waals surface area contributed by atoms with Gasteiger partial charge in [-0.1, -0.05) is 24.3 Å². The number of amides is 2. The van der Waals surface area contributed by atoms with Crippen LogP contribution in [0.4, 0.5) is 0 Å². The van der Waals surface area contributed by atoms with Crippen LogP contribution >= 0.6 is 0 Å². The number of carbonyl (C=O) groups is 2. The summed E-state index contributed by atoms with van der Waals surface area (Å²) in [7, 11) is 0. The first-order valence-electron chi connectivity index (χ1n) is 16.0. The highest BCUT2D eigenvalue weighted by atomic mass is 16.5. The summed E-state index contributed by atoms with van der Waals surface area (Å²) in [6, 6.07) is 14.9. The number of pyridine rings is 2. The Bertz CT molecular complexity index is 1650. The number of carbonyl (C=O) groups excluding carboxylic acids is 2. The number of benzene rings is 1. The molecule has 7 rings (SSSR count). The van der Waals surface area contributed by atoms with Crippen LogP contribution in [0.25, 0.3) is 21.8 Å². The molecule has 2 aliphatic heterocycles. The van der Waals surface area contributed by atoms with Gasteiger partial charge in [0, 0.05) is 68.0 Å². The highest BCUT2D eigenvalue weighted by Crippen LogP contribution is 2.36. The summed E-state index contributed by atoms with van der Waals surface area (Å²) in [5, 5.41) is 5.20. The number of fused-ring (bicyclic) bond motifs is 4. The molecule has 4 aromatic rings. The van der Waals surface area contributed by atoms with E-state index in [1.54, 1.807) is 0 Å². The molecule has 0 unspecified atom stereocenters. The minimum absolute atomic E-state index is 0.105. The Kier molecular flexibility index (Phi) is 8.54. The van der Waals surface area contributed by atoms with Crippen molar-refractivity contribution in [2.24, 2.45) is 0 Å². The molecule has 0 bridgehead atoms. The number of nitrogens with one attached hydrogen (secondary N) is 1. The summed E-state index contributed by atoms with van der Waals surface area (Å²) >= 11 is 0. The number of morpholine rings is 1. The third kappa shape index (κ3) is 5.94.